The molecule has 0 saturated heterocycles. The molecule has 1 aromatic heterocycles. The monoisotopic (exact) mass is 231 g/mol. The number of hydrogen-bond acceptors (Lipinski definition) is 5. The maximum Gasteiger partial charge on any atom is 0.277 e. The lowest BCUT2D eigenvalue weighted by Crippen LogP contribution is -3.04. The average molecular weight is 231 g/mol. The Labute approximate surface area is 92.4 Å². The van der Waals surface area contributed by atoms with Gasteiger partial charge in [-0.1, -0.05) is 11.8 Å². The molecule has 0 spiro atoms. The molecule has 0 aliphatic heterocycles. The molecule has 7 heteroatoms. The minimum Gasteiger partial charge on any atom is -0.410 e. The second kappa shape index (κ2) is 5.72. The van der Waals surface area contributed by atoms with Gasteiger partial charge in [0.15, 0.2) is 6.54 Å². The molecule has 84 valence electrons. The number of carbonyl (C=O) groups is 1. The van der Waals surface area contributed by atoms with Gasteiger partial charge in [0.05, 0.1) is 19.8 Å². The number of hydrogen-bond donors (Lipinski definition) is 2. The lowest BCUT2D eigenvalue weighted by Gasteiger charge is -2.01. The molecule has 0 atom stereocenters. The second-order valence-electron chi connectivity index (χ2n) is 3.31. The minimum absolute atomic E-state index is 0.0574. The Morgan fingerprint density at radius 1 is 1.53 bits per heavy atom. The summed E-state index contributed by atoms with van der Waals surface area (Å²) in [4.78, 5) is 12.2. The molecule has 0 aromatic carbocycles. The highest BCUT2D eigenvalue weighted by Crippen LogP contribution is 2.14. The van der Waals surface area contributed by atoms with E-state index >= 15 is 0 Å². The summed E-state index contributed by atoms with van der Waals surface area (Å²) in [5.74, 6) is 0.833. The van der Waals surface area contributed by atoms with Crippen molar-refractivity contribution in [1.82, 2.24) is 15.5 Å². The molecule has 0 aliphatic rings. The number of rotatable bonds is 5. The fourth-order valence-electron chi connectivity index (χ4n) is 0.870. The molecule has 1 rings (SSSR count). The standard InChI is InChI=1S/C8H14N4O2S/c1-9-6(13)5-15-8-11-10-7(14-8)4-12(2)3/h4-5H2,1-3H3,(H,9,13)/p+1. The van der Waals surface area contributed by atoms with E-state index in [0.29, 0.717) is 23.4 Å². The molecule has 15 heavy (non-hydrogen) atoms. The van der Waals surface area contributed by atoms with Crippen LogP contribution in [0.25, 0.3) is 0 Å². The largest absolute Gasteiger partial charge is 0.410 e. The van der Waals surface area contributed by atoms with E-state index < -0.39 is 0 Å². The lowest BCUT2D eigenvalue weighted by molar-refractivity contribution is -0.874. The molecule has 6 nitrogen and oxygen atoms in total. The van der Waals surface area contributed by atoms with Crippen LogP contribution in [0.5, 0.6) is 0 Å². The van der Waals surface area contributed by atoms with E-state index in [1.807, 2.05) is 14.1 Å². The first kappa shape index (κ1) is 12.0. The Balaban J connectivity index is 2.42. The maximum absolute atomic E-state index is 10.9. The van der Waals surface area contributed by atoms with E-state index in [0.717, 1.165) is 0 Å². The number of carbonyl (C=O) groups excluding carboxylic acids is 1. The van der Waals surface area contributed by atoms with Crippen LogP contribution in [0.1, 0.15) is 5.89 Å². The summed E-state index contributed by atoms with van der Waals surface area (Å²) in [5.41, 5.74) is 0. The SMILES string of the molecule is CNC(=O)CSc1nnc(C[NH+](C)C)o1. The Kier molecular flexibility index (Phi) is 4.57. The second-order valence-corrected chi connectivity index (χ2v) is 4.23. The van der Waals surface area contributed by atoms with E-state index in [1.54, 1.807) is 7.05 Å². The first-order chi connectivity index (χ1) is 7.11. The van der Waals surface area contributed by atoms with Crippen LogP contribution in [0, 0.1) is 0 Å². The van der Waals surface area contributed by atoms with Crippen LogP contribution in [0.2, 0.25) is 0 Å². The number of amides is 1. The molecule has 0 bridgehead atoms. The van der Waals surface area contributed by atoms with Crippen LogP contribution in [0.4, 0.5) is 0 Å². The molecule has 0 unspecified atom stereocenters. The van der Waals surface area contributed by atoms with Crippen LogP contribution in [-0.4, -0.2) is 43.0 Å². The maximum atomic E-state index is 10.9. The Morgan fingerprint density at radius 3 is 2.87 bits per heavy atom. The summed E-state index contributed by atoms with van der Waals surface area (Å²) in [7, 11) is 5.60. The van der Waals surface area contributed by atoms with Gasteiger partial charge in [-0.05, 0) is 0 Å². The highest BCUT2D eigenvalue weighted by molar-refractivity contribution is 7.99. The third-order valence-electron chi connectivity index (χ3n) is 1.56. The van der Waals surface area contributed by atoms with Crippen LogP contribution in [0.3, 0.4) is 0 Å². The van der Waals surface area contributed by atoms with Gasteiger partial charge >= 0.3 is 0 Å². The zero-order valence-electron chi connectivity index (χ0n) is 9.03. The summed E-state index contributed by atoms with van der Waals surface area (Å²) in [6, 6.07) is 0. The van der Waals surface area contributed by atoms with E-state index in [1.165, 1.54) is 16.7 Å². The molecular formula is C8H15N4O2S+. The van der Waals surface area contributed by atoms with Crippen molar-refractivity contribution in [2.45, 2.75) is 11.8 Å². The van der Waals surface area contributed by atoms with Gasteiger partial charge < -0.3 is 14.6 Å². The highest BCUT2D eigenvalue weighted by atomic mass is 32.2. The summed E-state index contributed by atoms with van der Waals surface area (Å²) in [6.07, 6.45) is 0. The van der Waals surface area contributed by atoms with Crippen LogP contribution in [-0.2, 0) is 11.3 Å². The lowest BCUT2D eigenvalue weighted by atomic mass is 10.6. The Bertz CT molecular complexity index is 326. The minimum atomic E-state index is -0.0574. The smallest absolute Gasteiger partial charge is 0.277 e. The third kappa shape index (κ3) is 4.30. The first-order valence-corrected chi connectivity index (χ1v) is 5.55. The molecule has 2 N–H and O–H groups in total. The highest BCUT2D eigenvalue weighted by Gasteiger charge is 2.10. The van der Waals surface area contributed by atoms with E-state index in [9.17, 15) is 4.79 Å². The van der Waals surface area contributed by atoms with Crippen LogP contribution < -0.4 is 10.2 Å². The van der Waals surface area contributed by atoms with Crippen molar-refractivity contribution in [2.75, 3.05) is 26.9 Å². The number of nitrogens with zero attached hydrogens (tertiary/aromatic N) is 2. The Morgan fingerprint density at radius 2 is 2.27 bits per heavy atom. The van der Waals surface area contributed by atoms with Crippen molar-refractivity contribution in [3.8, 4) is 0 Å². The summed E-state index contributed by atoms with van der Waals surface area (Å²) >= 11 is 1.24. The van der Waals surface area contributed by atoms with Crippen molar-refractivity contribution in [2.24, 2.45) is 0 Å². The molecule has 0 fully saturated rings. The third-order valence-corrected chi connectivity index (χ3v) is 2.38. The average Bonchev–Trinajstić information content (AvgIpc) is 2.61. The van der Waals surface area contributed by atoms with Crippen molar-refractivity contribution in [1.29, 1.82) is 0 Å². The van der Waals surface area contributed by atoms with Gasteiger partial charge in [-0.25, -0.2) is 0 Å². The normalized spacial score (nSPS) is 10.7. The molecular weight excluding hydrogens is 216 g/mol. The van der Waals surface area contributed by atoms with Gasteiger partial charge in [0.1, 0.15) is 0 Å². The van der Waals surface area contributed by atoms with Crippen molar-refractivity contribution < 1.29 is 14.1 Å². The van der Waals surface area contributed by atoms with E-state index in [-0.39, 0.29) is 5.91 Å². The number of nitrogens with one attached hydrogen (secondary N) is 2. The number of thioether (sulfide) groups is 1. The van der Waals surface area contributed by atoms with Crippen molar-refractivity contribution in [3.05, 3.63) is 5.89 Å². The zero-order valence-corrected chi connectivity index (χ0v) is 9.85. The zero-order chi connectivity index (χ0) is 11.3. The summed E-state index contributed by atoms with van der Waals surface area (Å²) < 4.78 is 5.33. The van der Waals surface area contributed by atoms with Gasteiger partial charge in [-0.2, -0.15) is 0 Å². The topological polar surface area (TPSA) is 72.5 Å². The quantitative estimate of drug-likeness (QED) is 0.607. The van der Waals surface area contributed by atoms with Gasteiger partial charge in [0, 0.05) is 7.05 Å². The van der Waals surface area contributed by atoms with Gasteiger partial charge in [0.2, 0.25) is 5.91 Å². The predicted molar refractivity (Wildman–Crippen MR) is 55.6 cm³/mol. The molecule has 1 amide bonds. The van der Waals surface area contributed by atoms with Crippen molar-refractivity contribution in [3.63, 3.8) is 0 Å². The van der Waals surface area contributed by atoms with Gasteiger partial charge in [-0.3, -0.25) is 4.79 Å². The molecule has 1 aromatic rings. The first-order valence-electron chi connectivity index (χ1n) is 4.56. The summed E-state index contributed by atoms with van der Waals surface area (Å²) in [6.45, 7) is 0.688. The van der Waals surface area contributed by atoms with Crippen LogP contribution >= 0.6 is 11.8 Å². The predicted octanol–water partition coefficient (Wildman–Crippen LogP) is -1.45. The van der Waals surface area contributed by atoms with Gasteiger partial charge in [-0.15, -0.1) is 10.2 Å². The fourth-order valence-corrected chi connectivity index (χ4v) is 1.52. The number of quaternary nitrogens is 1. The van der Waals surface area contributed by atoms with Crippen molar-refractivity contribution >= 4 is 17.7 Å². The molecule has 0 aliphatic carbocycles. The van der Waals surface area contributed by atoms with Gasteiger partial charge in [0.25, 0.3) is 11.1 Å². The Hall–Kier alpha value is -1.08. The molecule has 0 radical (unpaired) electrons. The molecule has 1 heterocycles. The summed E-state index contributed by atoms with van der Waals surface area (Å²) in [5, 5.41) is 10.7. The fraction of sp³-hybridized carbons (Fsp3) is 0.625. The van der Waals surface area contributed by atoms with E-state index in [2.05, 4.69) is 15.5 Å². The number of aromatic nitrogens is 2. The van der Waals surface area contributed by atoms with E-state index in [4.69, 9.17) is 4.42 Å². The van der Waals surface area contributed by atoms with Crippen LogP contribution in [0.15, 0.2) is 9.64 Å². The molecule has 0 saturated carbocycles.